The lowest BCUT2D eigenvalue weighted by Crippen LogP contribution is -2.39. The number of rotatable bonds is 4. The monoisotopic (exact) mass is 337 g/mol. The fourth-order valence-electron chi connectivity index (χ4n) is 4.15. The zero-order valence-electron chi connectivity index (χ0n) is 14.5. The minimum Gasteiger partial charge on any atom is -0.497 e. The summed E-state index contributed by atoms with van der Waals surface area (Å²) in [7, 11) is 1.64. The molecule has 4 rings (SSSR count). The van der Waals surface area contributed by atoms with Crippen molar-refractivity contribution in [2.24, 2.45) is 0 Å². The summed E-state index contributed by atoms with van der Waals surface area (Å²) in [6.45, 7) is 2.79. The molecule has 5 heteroatoms. The van der Waals surface area contributed by atoms with Crippen LogP contribution in [0.3, 0.4) is 0 Å². The Morgan fingerprint density at radius 3 is 2.68 bits per heavy atom. The maximum Gasteiger partial charge on any atom is 0.254 e. The molecule has 0 radical (unpaired) electrons. The first-order valence-electron chi connectivity index (χ1n) is 8.84. The van der Waals surface area contributed by atoms with Crippen molar-refractivity contribution in [3.8, 4) is 5.75 Å². The molecule has 0 bridgehead atoms. The highest BCUT2D eigenvalue weighted by Crippen LogP contribution is 2.33. The molecular weight excluding hydrogens is 314 g/mol. The Hall–Kier alpha value is -2.40. The molecule has 5 nitrogen and oxygen atoms in total. The molecule has 2 aromatic rings. The van der Waals surface area contributed by atoms with Crippen molar-refractivity contribution in [1.82, 2.24) is 14.8 Å². The average Bonchev–Trinajstić information content (AvgIpc) is 3.25. The number of benzene rings is 1. The maximum atomic E-state index is 12.9. The van der Waals surface area contributed by atoms with Crippen LogP contribution >= 0.6 is 0 Å². The third kappa shape index (κ3) is 3.12. The second kappa shape index (κ2) is 6.84. The van der Waals surface area contributed by atoms with Crippen molar-refractivity contribution in [2.75, 3.05) is 20.2 Å². The van der Waals surface area contributed by atoms with E-state index in [1.807, 2.05) is 36.5 Å². The third-order valence-electron chi connectivity index (χ3n) is 5.40. The van der Waals surface area contributed by atoms with Gasteiger partial charge in [0.2, 0.25) is 0 Å². The van der Waals surface area contributed by atoms with E-state index in [1.54, 1.807) is 13.3 Å². The summed E-state index contributed by atoms with van der Waals surface area (Å²) in [4.78, 5) is 21.7. The van der Waals surface area contributed by atoms with Gasteiger partial charge in [-0.15, -0.1) is 0 Å². The summed E-state index contributed by atoms with van der Waals surface area (Å²) in [5.41, 5.74) is 1.98. The summed E-state index contributed by atoms with van der Waals surface area (Å²) < 4.78 is 5.18. The van der Waals surface area contributed by atoms with Gasteiger partial charge in [0, 0.05) is 49.7 Å². The van der Waals surface area contributed by atoms with E-state index in [0.29, 0.717) is 12.1 Å². The van der Waals surface area contributed by atoms with Crippen molar-refractivity contribution in [1.29, 1.82) is 0 Å². The quantitative estimate of drug-likeness (QED) is 0.860. The molecule has 1 aromatic heterocycles. The highest BCUT2D eigenvalue weighted by molar-refractivity contribution is 5.94. The first-order valence-corrected chi connectivity index (χ1v) is 8.84. The van der Waals surface area contributed by atoms with Crippen LogP contribution in [0, 0.1) is 0 Å². The number of carbonyl (C=O) groups excluding carboxylic acids is 1. The number of carbonyl (C=O) groups is 1. The lowest BCUT2D eigenvalue weighted by Gasteiger charge is -2.25. The molecule has 2 aliphatic heterocycles. The Morgan fingerprint density at radius 2 is 1.96 bits per heavy atom. The number of likely N-dealkylation sites (tertiary alicyclic amines) is 2. The minimum absolute atomic E-state index is 0.137. The number of nitrogens with zero attached hydrogens (tertiary/aromatic N) is 3. The fourth-order valence-corrected chi connectivity index (χ4v) is 4.15. The van der Waals surface area contributed by atoms with Crippen molar-refractivity contribution in [3.05, 3.63) is 59.9 Å². The van der Waals surface area contributed by atoms with Crippen LogP contribution in [0.25, 0.3) is 0 Å². The first kappa shape index (κ1) is 16.1. The molecule has 0 N–H and O–H groups in total. The molecule has 1 amide bonds. The number of hydrogen-bond acceptors (Lipinski definition) is 4. The van der Waals surface area contributed by atoms with E-state index in [9.17, 15) is 4.79 Å². The van der Waals surface area contributed by atoms with Gasteiger partial charge in [-0.2, -0.15) is 0 Å². The molecule has 0 aliphatic carbocycles. The molecule has 2 aliphatic rings. The Kier molecular flexibility index (Phi) is 4.40. The topological polar surface area (TPSA) is 45.7 Å². The summed E-state index contributed by atoms with van der Waals surface area (Å²) in [6, 6.07) is 12.3. The van der Waals surface area contributed by atoms with Crippen LogP contribution in [-0.4, -0.2) is 53.0 Å². The molecule has 2 atom stereocenters. The molecule has 2 saturated heterocycles. The van der Waals surface area contributed by atoms with Crippen LogP contribution in [0.15, 0.2) is 48.8 Å². The predicted octanol–water partition coefficient (Wildman–Crippen LogP) is 2.58. The van der Waals surface area contributed by atoms with Gasteiger partial charge in [0.05, 0.1) is 7.11 Å². The van der Waals surface area contributed by atoms with E-state index in [1.165, 1.54) is 5.56 Å². The molecule has 3 heterocycles. The van der Waals surface area contributed by atoms with Gasteiger partial charge in [-0.1, -0.05) is 6.07 Å². The molecule has 0 unspecified atom stereocenters. The predicted molar refractivity (Wildman–Crippen MR) is 95.5 cm³/mol. The second-order valence-electron chi connectivity index (χ2n) is 6.77. The molecule has 2 fully saturated rings. The third-order valence-corrected chi connectivity index (χ3v) is 5.40. The number of methoxy groups -OCH3 is 1. The van der Waals surface area contributed by atoms with E-state index in [4.69, 9.17) is 4.74 Å². The van der Waals surface area contributed by atoms with Gasteiger partial charge < -0.3 is 9.64 Å². The molecular formula is C20H23N3O2. The van der Waals surface area contributed by atoms with Crippen LogP contribution in [0.1, 0.15) is 28.8 Å². The number of hydrogen-bond donors (Lipinski definition) is 0. The normalized spacial score (nSPS) is 22.8. The highest BCUT2D eigenvalue weighted by atomic mass is 16.5. The van der Waals surface area contributed by atoms with Crippen LogP contribution in [0.2, 0.25) is 0 Å². The van der Waals surface area contributed by atoms with Gasteiger partial charge in [0.15, 0.2) is 0 Å². The van der Waals surface area contributed by atoms with Crippen LogP contribution in [0.4, 0.5) is 0 Å². The minimum atomic E-state index is 0.137. The van der Waals surface area contributed by atoms with E-state index >= 15 is 0 Å². The Balaban J connectivity index is 1.45. The lowest BCUT2D eigenvalue weighted by atomic mass is 10.1. The standard InChI is InChI=1S/C20H23N3O2/c1-25-17-6-4-16(5-7-17)20(24)23-12-9-18-19(23)8-11-22(18)14-15-3-2-10-21-13-15/h2-7,10,13,18-19H,8-9,11-12,14H2,1H3/t18-,19+/m1/s1. The second-order valence-corrected chi connectivity index (χ2v) is 6.77. The number of ether oxygens (including phenoxy) is 1. The lowest BCUT2D eigenvalue weighted by molar-refractivity contribution is 0.0732. The van der Waals surface area contributed by atoms with Gasteiger partial charge in [-0.25, -0.2) is 0 Å². The maximum absolute atomic E-state index is 12.9. The van der Waals surface area contributed by atoms with E-state index in [2.05, 4.69) is 20.9 Å². The number of pyridine rings is 1. The SMILES string of the molecule is COc1ccc(C(=O)N2CC[C@@H]3[C@@H]2CCN3Cc2cccnc2)cc1. The number of amides is 1. The van der Waals surface area contributed by atoms with E-state index < -0.39 is 0 Å². The molecule has 25 heavy (non-hydrogen) atoms. The van der Waals surface area contributed by atoms with E-state index in [-0.39, 0.29) is 5.91 Å². The van der Waals surface area contributed by atoms with Crippen molar-refractivity contribution < 1.29 is 9.53 Å². The molecule has 130 valence electrons. The van der Waals surface area contributed by atoms with E-state index in [0.717, 1.165) is 43.8 Å². The summed E-state index contributed by atoms with van der Waals surface area (Å²) >= 11 is 0. The van der Waals surface area contributed by atoms with Gasteiger partial charge in [-0.05, 0) is 48.7 Å². The summed E-state index contributed by atoms with van der Waals surface area (Å²) in [6.07, 6.45) is 5.84. The summed E-state index contributed by atoms with van der Waals surface area (Å²) in [5, 5.41) is 0. The van der Waals surface area contributed by atoms with Crippen molar-refractivity contribution in [3.63, 3.8) is 0 Å². The van der Waals surface area contributed by atoms with Crippen molar-refractivity contribution in [2.45, 2.75) is 31.5 Å². The molecule has 0 spiro atoms. The Morgan fingerprint density at radius 1 is 1.16 bits per heavy atom. The van der Waals surface area contributed by atoms with Gasteiger partial charge in [0.25, 0.3) is 5.91 Å². The van der Waals surface area contributed by atoms with Gasteiger partial charge >= 0.3 is 0 Å². The highest BCUT2D eigenvalue weighted by Gasteiger charge is 2.44. The zero-order valence-corrected chi connectivity index (χ0v) is 14.5. The van der Waals surface area contributed by atoms with Crippen LogP contribution in [0.5, 0.6) is 5.75 Å². The molecule has 1 aromatic carbocycles. The number of fused-ring (bicyclic) bond motifs is 1. The number of aromatic nitrogens is 1. The average molecular weight is 337 g/mol. The van der Waals surface area contributed by atoms with Crippen molar-refractivity contribution >= 4 is 5.91 Å². The molecule has 0 saturated carbocycles. The zero-order chi connectivity index (χ0) is 17.2. The Bertz CT molecular complexity index is 732. The van der Waals surface area contributed by atoms with Crippen LogP contribution in [-0.2, 0) is 6.54 Å². The largest absolute Gasteiger partial charge is 0.497 e. The van der Waals surface area contributed by atoms with Gasteiger partial charge in [0.1, 0.15) is 5.75 Å². The fraction of sp³-hybridized carbons (Fsp3) is 0.400. The van der Waals surface area contributed by atoms with Gasteiger partial charge in [-0.3, -0.25) is 14.7 Å². The Labute approximate surface area is 148 Å². The van der Waals surface area contributed by atoms with Crippen LogP contribution < -0.4 is 4.74 Å². The summed E-state index contributed by atoms with van der Waals surface area (Å²) in [5.74, 6) is 0.915. The smallest absolute Gasteiger partial charge is 0.254 e. The first-order chi connectivity index (χ1) is 12.3.